The summed E-state index contributed by atoms with van der Waals surface area (Å²) < 4.78 is 12.0. The minimum absolute atomic E-state index is 0.0304. The molecule has 2 aromatic rings. The zero-order chi connectivity index (χ0) is 16.8. The van der Waals surface area contributed by atoms with Crippen LogP contribution in [0.15, 0.2) is 28.7 Å². The van der Waals surface area contributed by atoms with Crippen LogP contribution >= 0.6 is 15.9 Å². The lowest BCUT2D eigenvalue weighted by atomic mass is 9.77. The summed E-state index contributed by atoms with van der Waals surface area (Å²) in [6.45, 7) is 0. The summed E-state index contributed by atoms with van der Waals surface area (Å²) in [4.78, 5) is 37.3. The number of carbonyl (C=O) groups is 3. The summed E-state index contributed by atoms with van der Waals surface area (Å²) in [6, 6.07) is 7.07. The molecule has 2 heterocycles. The first kappa shape index (κ1) is 15.7. The van der Waals surface area contributed by atoms with Crippen LogP contribution in [0.4, 0.5) is 0 Å². The molecule has 0 unspecified atom stereocenters. The molecule has 0 amide bonds. The second kappa shape index (κ2) is 5.49. The SMILES string of the molecule is COC(=O)C1(C(=O)OC)CCC(=O)n2c1cc1cc(Br)ccc12. The van der Waals surface area contributed by atoms with E-state index in [1.165, 1.54) is 18.8 Å². The fourth-order valence-corrected chi connectivity index (χ4v) is 3.53. The van der Waals surface area contributed by atoms with Crippen LogP contribution in [0.2, 0.25) is 0 Å². The quantitative estimate of drug-likeness (QED) is 0.591. The van der Waals surface area contributed by atoms with Gasteiger partial charge in [0.05, 0.1) is 25.4 Å². The average molecular weight is 380 g/mol. The van der Waals surface area contributed by atoms with Crippen LogP contribution in [-0.2, 0) is 24.5 Å². The molecule has 120 valence electrons. The van der Waals surface area contributed by atoms with Gasteiger partial charge < -0.3 is 9.47 Å². The number of ether oxygens (including phenoxy) is 2. The number of carbonyl (C=O) groups excluding carboxylic acids is 3. The van der Waals surface area contributed by atoms with Crippen LogP contribution in [0.5, 0.6) is 0 Å². The number of methoxy groups -OCH3 is 2. The van der Waals surface area contributed by atoms with E-state index < -0.39 is 17.4 Å². The predicted octanol–water partition coefficient (Wildman–Crippen LogP) is 2.42. The standard InChI is InChI=1S/C16H14BrNO5/c1-22-14(20)16(15(21)23-2)6-5-13(19)18-11-4-3-10(17)7-9(11)8-12(16)18/h3-4,7-8H,5-6H2,1-2H3. The number of esters is 2. The lowest BCUT2D eigenvalue weighted by Gasteiger charge is -2.32. The summed E-state index contributed by atoms with van der Waals surface area (Å²) in [5.41, 5.74) is -0.686. The Balaban J connectivity index is 2.38. The van der Waals surface area contributed by atoms with Gasteiger partial charge in [-0.2, -0.15) is 0 Å². The van der Waals surface area contributed by atoms with Crippen LogP contribution in [-0.4, -0.2) is 36.6 Å². The van der Waals surface area contributed by atoms with Crippen LogP contribution in [0, 0.1) is 0 Å². The number of fused-ring (bicyclic) bond motifs is 3. The summed E-state index contributed by atoms with van der Waals surface area (Å²) >= 11 is 3.38. The topological polar surface area (TPSA) is 74.6 Å². The van der Waals surface area contributed by atoms with Crippen molar-refractivity contribution >= 4 is 44.7 Å². The normalized spacial score (nSPS) is 16.0. The second-order valence-corrected chi connectivity index (χ2v) is 6.27. The Morgan fingerprint density at radius 1 is 1.17 bits per heavy atom. The highest BCUT2D eigenvalue weighted by molar-refractivity contribution is 9.10. The molecular weight excluding hydrogens is 366 g/mol. The molecule has 0 fully saturated rings. The van der Waals surface area contributed by atoms with E-state index in [0.717, 1.165) is 9.86 Å². The van der Waals surface area contributed by atoms with Crippen LogP contribution in [0.1, 0.15) is 23.3 Å². The summed E-state index contributed by atoms with van der Waals surface area (Å²) in [6.07, 6.45) is 0.0831. The molecule has 0 saturated carbocycles. The van der Waals surface area contributed by atoms with E-state index in [1.54, 1.807) is 18.2 Å². The van der Waals surface area contributed by atoms with Gasteiger partial charge in [-0.15, -0.1) is 0 Å². The van der Waals surface area contributed by atoms with Gasteiger partial charge >= 0.3 is 11.9 Å². The van der Waals surface area contributed by atoms with E-state index in [9.17, 15) is 14.4 Å². The van der Waals surface area contributed by atoms with Gasteiger partial charge in [0.15, 0.2) is 0 Å². The number of nitrogens with zero attached hydrogens (tertiary/aromatic N) is 1. The zero-order valence-electron chi connectivity index (χ0n) is 12.6. The van der Waals surface area contributed by atoms with E-state index in [2.05, 4.69) is 15.9 Å². The number of aromatic nitrogens is 1. The Labute approximate surface area is 140 Å². The molecule has 0 N–H and O–H groups in total. The maximum absolute atomic E-state index is 12.4. The largest absolute Gasteiger partial charge is 0.468 e. The second-order valence-electron chi connectivity index (χ2n) is 5.35. The monoisotopic (exact) mass is 379 g/mol. The Bertz CT molecular complexity index is 822. The highest BCUT2D eigenvalue weighted by Gasteiger charge is 2.55. The van der Waals surface area contributed by atoms with Gasteiger partial charge in [0, 0.05) is 16.3 Å². The van der Waals surface area contributed by atoms with E-state index in [1.807, 2.05) is 6.07 Å². The van der Waals surface area contributed by atoms with Crippen molar-refractivity contribution in [3.05, 3.63) is 34.4 Å². The van der Waals surface area contributed by atoms with Crippen molar-refractivity contribution < 1.29 is 23.9 Å². The number of hydrogen-bond donors (Lipinski definition) is 0. The third-order valence-corrected chi connectivity index (χ3v) is 4.73. The Morgan fingerprint density at radius 3 is 2.43 bits per heavy atom. The van der Waals surface area contributed by atoms with Gasteiger partial charge in [-0.1, -0.05) is 15.9 Å². The van der Waals surface area contributed by atoms with Gasteiger partial charge in [-0.05, 0) is 30.7 Å². The summed E-state index contributed by atoms with van der Waals surface area (Å²) in [7, 11) is 2.43. The highest BCUT2D eigenvalue weighted by atomic mass is 79.9. The molecule has 0 atom stereocenters. The number of rotatable bonds is 2. The van der Waals surface area contributed by atoms with Gasteiger partial charge in [-0.25, -0.2) is 0 Å². The molecule has 0 bridgehead atoms. The first-order valence-electron chi connectivity index (χ1n) is 6.97. The van der Waals surface area contributed by atoms with Crippen LogP contribution in [0.25, 0.3) is 10.9 Å². The third-order valence-electron chi connectivity index (χ3n) is 4.23. The van der Waals surface area contributed by atoms with E-state index in [4.69, 9.17) is 9.47 Å². The molecule has 0 aliphatic carbocycles. The molecule has 23 heavy (non-hydrogen) atoms. The number of benzene rings is 1. The minimum atomic E-state index is -1.62. The maximum atomic E-state index is 12.4. The molecule has 1 aromatic carbocycles. The molecule has 0 radical (unpaired) electrons. The summed E-state index contributed by atoms with van der Waals surface area (Å²) in [5.74, 6) is -1.61. The van der Waals surface area contributed by atoms with Crippen molar-refractivity contribution in [1.82, 2.24) is 4.57 Å². The molecule has 0 saturated heterocycles. The molecule has 3 rings (SSSR count). The molecule has 1 aromatic heterocycles. The van der Waals surface area contributed by atoms with Crippen molar-refractivity contribution in [2.24, 2.45) is 0 Å². The molecular formula is C16H14BrNO5. The van der Waals surface area contributed by atoms with Gasteiger partial charge in [0.25, 0.3) is 0 Å². The van der Waals surface area contributed by atoms with Crippen molar-refractivity contribution in [1.29, 1.82) is 0 Å². The predicted molar refractivity (Wildman–Crippen MR) is 85.2 cm³/mol. The van der Waals surface area contributed by atoms with Gasteiger partial charge in [-0.3, -0.25) is 19.0 Å². The summed E-state index contributed by atoms with van der Waals surface area (Å²) in [5, 5.41) is 0.752. The zero-order valence-corrected chi connectivity index (χ0v) is 14.2. The number of halogens is 1. The minimum Gasteiger partial charge on any atom is -0.468 e. The smallest absolute Gasteiger partial charge is 0.329 e. The van der Waals surface area contributed by atoms with Gasteiger partial charge in [0.1, 0.15) is 0 Å². The fraction of sp³-hybridized carbons (Fsp3) is 0.312. The lowest BCUT2D eigenvalue weighted by molar-refractivity contribution is -0.163. The highest BCUT2D eigenvalue weighted by Crippen LogP contribution is 2.40. The number of hydrogen-bond acceptors (Lipinski definition) is 5. The Hall–Kier alpha value is -2.15. The van der Waals surface area contributed by atoms with Crippen molar-refractivity contribution in [3.63, 3.8) is 0 Å². The molecule has 7 heteroatoms. The first-order chi connectivity index (χ1) is 11.0. The maximum Gasteiger partial charge on any atom is 0.329 e. The molecule has 1 aliphatic rings. The third kappa shape index (κ3) is 2.10. The van der Waals surface area contributed by atoms with E-state index >= 15 is 0 Å². The molecule has 0 spiro atoms. The van der Waals surface area contributed by atoms with E-state index in [0.29, 0.717) is 11.2 Å². The van der Waals surface area contributed by atoms with E-state index in [-0.39, 0.29) is 18.7 Å². The van der Waals surface area contributed by atoms with Crippen molar-refractivity contribution in [2.45, 2.75) is 18.3 Å². The van der Waals surface area contributed by atoms with Crippen molar-refractivity contribution in [3.8, 4) is 0 Å². The molecule has 6 nitrogen and oxygen atoms in total. The van der Waals surface area contributed by atoms with Crippen LogP contribution < -0.4 is 0 Å². The van der Waals surface area contributed by atoms with Crippen LogP contribution in [0.3, 0.4) is 0 Å². The average Bonchev–Trinajstić information content (AvgIpc) is 2.93. The lowest BCUT2D eigenvalue weighted by Crippen LogP contribution is -2.50. The first-order valence-corrected chi connectivity index (χ1v) is 7.76. The van der Waals surface area contributed by atoms with Gasteiger partial charge in [0.2, 0.25) is 11.3 Å². The molecule has 1 aliphatic heterocycles. The van der Waals surface area contributed by atoms with Crippen molar-refractivity contribution in [2.75, 3.05) is 14.2 Å². The fourth-order valence-electron chi connectivity index (χ4n) is 3.15. The Morgan fingerprint density at radius 2 is 1.83 bits per heavy atom. The Kier molecular flexibility index (Phi) is 3.75.